The summed E-state index contributed by atoms with van der Waals surface area (Å²) in [4.78, 5) is 25.2. The average molecular weight is 302 g/mol. The molecule has 0 radical (unpaired) electrons. The molecule has 0 aromatic carbocycles. The van der Waals surface area contributed by atoms with E-state index in [4.69, 9.17) is 9.52 Å². The summed E-state index contributed by atoms with van der Waals surface area (Å²) in [5, 5.41) is 12.1. The second-order valence-electron chi connectivity index (χ2n) is 6.45. The Kier molecular flexibility index (Phi) is 2.82. The largest absolute Gasteiger partial charge is 0.481 e. The van der Waals surface area contributed by atoms with Crippen molar-refractivity contribution in [3.63, 3.8) is 0 Å². The first-order valence-corrected chi connectivity index (χ1v) is 7.62. The average Bonchev–Trinajstić information content (AvgIpc) is 2.89. The second kappa shape index (κ2) is 4.63. The van der Waals surface area contributed by atoms with Crippen LogP contribution in [0.4, 0.5) is 4.79 Å². The first kappa shape index (κ1) is 13.4. The number of hydrogen-bond donors (Lipinski definition) is 2. The second-order valence-corrected chi connectivity index (χ2v) is 6.45. The lowest BCUT2D eigenvalue weighted by Crippen LogP contribution is -2.53. The molecular formula is C16H18N2O4. The lowest BCUT2D eigenvalue weighted by molar-refractivity contribution is -0.147. The van der Waals surface area contributed by atoms with Crippen molar-refractivity contribution in [2.75, 3.05) is 13.1 Å². The van der Waals surface area contributed by atoms with Crippen LogP contribution in [0.2, 0.25) is 0 Å². The van der Waals surface area contributed by atoms with Crippen LogP contribution in [0, 0.1) is 11.3 Å². The number of carbonyl (C=O) groups excluding carboxylic acids is 1. The van der Waals surface area contributed by atoms with Gasteiger partial charge in [0.25, 0.3) is 0 Å². The predicted molar refractivity (Wildman–Crippen MR) is 78.0 cm³/mol. The van der Waals surface area contributed by atoms with Crippen molar-refractivity contribution in [1.82, 2.24) is 10.2 Å². The zero-order valence-corrected chi connectivity index (χ0v) is 12.1. The van der Waals surface area contributed by atoms with Crippen molar-refractivity contribution in [3.8, 4) is 0 Å². The zero-order chi connectivity index (χ0) is 15.3. The van der Waals surface area contributed by atoms with Gasteiger partial charge in [0.15, 0.2) is 0 Å². The Morgan fingerprint density at radius 3 is 2.91 bits per heavy atom. The number of carbonyl (C=O) groups is 2. The maximum Gasteiger partial charge on any atom is 0.317 e. The molecule has 22 heavy (non-hydrogen) atoms. The van der Waals surface area contributed by atoms with Crippen molar-refractivity contribution < 1.29 is 19.1 Å². The highest BCUT2D eigenvalue weighted by molar-refractivity contribution is 5.83. The van der Waals surface area contributed by atoms with Crippen LogP contribution in [0.25, 0.3) is 5.57 Å². The van der Waals surface area contributed by atoms with E-state index in [1.165, 1.54) is 0 Å². The van der Waals surface area contributed by atoms with Crippen molar-refractivity contribution in [2.24, 2.45) is 11.3 Å². The Labute approximate surface area is 127 Å². The highest BCUT2D eigenvalue weighted by Crippen LogP contribution is 2.67. The summed E-state index contributed by atoms with van der Waals surface area (Å²) in [6.45, 7) is 1.21. The summed E-state index contributed by atoms with van der Waals surface area (Å²) < 4.78 is 5.39. The van der Waals surface area contributed by atoms with E-state index in [-0.39, 0.29) is 18.0 Å². The van der Waals surface area contributed by atoms with E-state index < -0.39 is 11.4 Å². The van der Waals surface area contributed by atoms with Crippen LogP contribution >= 0.6 is 0 Å². The van der Waals surface area contributed by atoms with Crippen molar-refractivity contribution in [2.45, 2.75) is 25.3 Å². The molecule has 0 unspecified atom stereocenters. The van der Waals surface area contributed by atoms with Gasteiger partial charge < -0.3 is 19.7 Å². The van der Waals surface area contributed by atoms with Gasteiger partial charge in [-0.15, -0.1) is 0 Å². The molecular weight excluding hydrogens is 284 g/mol. The van der Waals surface area contributed by atoms with Gasteiger partial charge in [0.05, 0.1) is 18.2 Å². The number of carboxylic acid groups (broad SMARTS) is 1. The van der Waals surface area contributed by atoms with Crippen molar-refractivity contribution >= 4 is 17.6 Å². The Morgan fingerprint density at radius 1 is 1.41 bits per heavy atom. The molecule has 1 aromatic heterocycles. The van der Waals surface area contributed by atoms with Gasteiger partial charge in [0.2, 0.25) is 0 Å². The zero-order valence-electron chi connectivity index (χ0n) is 12.1. The lowest BCUT2D eigenvalue weighted by atomic mass is 9.80. The third-order valence-electron chi connectivity index (χ3n) is 5.21. The SMILES string of the molecule is O=C(N[C@H]1C[C@@]2(C(=O)O)C[C@@H]12)N1CCC=C(c2ccco2)C1. The summed E-state index contributed by atoms with van der Waals surface area (Å²) in [5.41, 5.74) is 0.491. The highest BCUT2D eigenvalue weighted by Gasteiger charge is 2.72. The topological polar surface area (TPSA) is 82.8 Å². The highest BCUT2D eigenvalue weighted by atomic mass is 16.4. The van der Waals surface area contributed by atoms with Crippen molar-refractivity contribution in [3.05, 3.63) is 30.2 Å². The molecule has 3 atom stereocenters. The molecule has 4 rings (SSSR count). The molecule has 2 aliphatic carbocycles. The molecule has 6 nitrogen and oxygen atoms in total. The van der Waals surface area contributed by atoms with Gasteiger partial charge in [-0.1, -0.05) is 6.08 Å². The van der Waals surface area contributed by atoms with Gasteiger partial charge in [-0.2, -0.15) is 0 Å². The Hall–Kier alpha value is -2.24. The lowest BCUT2D eigenvalue weighted by Gasteiger charge is -2.35. The Bertz CT molecular complexity index is 651. The summed E-state index contributed by atoms with van der Waals surface area (Å²) in [6, 6.07) is 3.64. The molecule has 1 aromatic rings. The minimum Gasteiger partial charge on any atom is -0.481 e. The van der Waals surface area contributed by atoms with Gasteiger partial charge in [-0.05, 0) is 37.3 Å². The molecule has 2 amide bonds. The number of furan rings is 1. The van der Waals surface area contributed by atoms with E-state index in [0.29, 0.717) is 25.9 Å². The van der Waals surface area contributed by atoms with Crippen molar-refractivity contribution in [1.29, 1.82) is 0 Å². The quantitative estimate of drug-likeness (QED) is 0.894. The van der Waals surface area contributed by atoms with Crippen LogP contribution in [0.5, 0.6) is 0 Å². The predicted octanol–water partition coefficient (Wildman–Crippen LogP) is 1.94. The van der Waals surface area contributed by atoms with Gasteiger partial charge >= 0.3 is 12.0 Å². The number of urea groups is 1. The van der Waals surface area contributed by atoms with E-state index in [0.717, 1.165) is 17.8 Å². The van der Waals surface area contributed by atoms with Gasteiger partial charge in [-0.25, -0.2) is 4.79 Å². The number of aliphatic carboxylic acids is 1. The number of nitrogens with zero attached hydrogens (tertiary/aromatic N) is 1. The summed E-state index contributed by atoms with van der Waals surface area (Å²) in [5.74, 6) is 0.205. The third kappa shape index (κ3) is 1.94. The normalized spacial score (nSPS) is 32.5. The van der Waals surface area contributed by atoms with E-state index in [2.05, 4.69) is 11.4 Å². The maximum atomic E-state index is 12.4. The van der Waals surface area contributed by atoms with E-state index in [1.54, 1.807) is 11.2 Å². The third-order valence-corrected chi connectivity index (χ3v) is 5.21. The molecule has 0 saturated heterocycles. The molecule has 6 heteroatoms. The van der Waals surface area contributed by atoms with Crippen LogP contribution in [-0.2, 0) is 4.79 Å². The monoisotopic (exact) mass is 302 g/mol. The summed E-state index contributed by atoms with van der Waals surface area (Å²) in [6.07, 6.45) is 5.79. The first-order chi connectivity index (χ1) is 10.6. The fourth-order valence-corrected chi connectivity index (χ4v) is 3.76. The minimum absolute atomic E-state index is 0.0153. The number of amides is 2. The van der Waals surface area contributed by atoms with E-state index in [1.807, 2.05) is 12.1 Å². The van der Waals surface area contributed by atoms with Crippen LogP contribution in [0.1, 0.15) is 25.0 Å². The van der Waals surface area contributed by atoms with Crippen LogP contribution in [0.3, 0.4) is 0 Å². The van der Waals surface area contributed by atoms with E-state index in [9.17, 15) is 9.59 Å². The molecule has 2 fully saturated rings. The molecule has 0 bridgehead atoms. The fourth-order valence-electron chi connectivity index (χ4n) is 3.76. The molecule has 3 aliphatic rings. The van der Waals surface area contributed by atoms with Gasteiger partial charge in [0, 0.05) is 18.2 Å². The summed E-state index contributed by atoms with van der Waals surface area (Å²) >= 11 is 0. The number of carboxylic acids is 1. The van der Waals surface area contributed by atoms with Gasteiger partial charge in [-0.3, -0.25) is 4.79 Å². The number of nitrogens with one attached hydrogen (secondary N) is 1. The molecule has 0 spiro atoms. The Balaban J connectivity index is 1.35. The number of rotatable bonds is 3. The van der Waals surface area contributed by atoms with Crippen LogP contribution in [-0.4, -0.2) is 41.1 Å². The van der Waals surface area contributed by atoms with Crippen LogP contribution in [0.15, 0.2) is 28.9 Å². The molecule has 2 heterocycles. The van der Waals surface area contributed by atoms with E-state index >= 15 is 0 Å². The molecule has 116 valence electrons. The molecule has 2 saturated carbocycles. The molecule has 1 aliphatic heterocycles. The standard InChI is InChI=1S/C16H18N2O4/c19-14(20)16-7-11(16)12(8-16)17-15(21)18-5-1-3-10(9-18)13-4-2-6-22-13/h2-4,6,11-12H,1,5,7-9H2,(H,17,21)(H,19,20)/t11-,12-,16-/m0/s1. The number of fused-ring (bicyclic) bond motifs is 1. The Morgan fingerprint density at radius 2 is 2.27 bits per heavy atom. The summed E-state index contributed by atoms with van der Waals surface area (Å²) in [7, 11) is 0. The smallest absolute Gasteiger partial charge is 0.317 e. The van der Waals surface area contributed by atoms with Gasteiger partial charge in [0.1, 0.15) is 5.76 Å². The first-order valence-electron chi connectivity index (χ1n) is 7.62. The maximum absolute atomic E-state index is 12.4. The van der Waals surface area contributed by atoms with Crippen LogP contribution < -0.4 is 5.32 Å². The minimum atomic E-state index is -0.719. The fraction of sp³-hybridized carbons (Fsp3) is 0.500. The molecule has 2 N–H and O–H groups in total. The number of hydrogen-bond acceptors (Lipinski definition) is 3.